The summed E-state index contributed by atoms with van der Waals surface area (Å²) in [6.07, 6.45) is 0. The first-order chi connectivity index (χ1) is 14.6. The fraction of sp³-hybridized carbons (Fsp3) is 0.130. The van der Waals surface area contributed by atoms with E-state index in [-0.39, 0.29) is 5.91 Å². The van der Waals surface area contributed by atoms with Crippen LogP contribution in [0, 0.1) is 0 Å². The Labute approximate surface area is 173 Å². The molecule has 1 N–H and O–H groups in total. The number of oxazole rings is 1. The molecule has 1 amide bonds. The standard InChI is InChI=1S/C23H20N2O5/c1-27-17-8-5-4-7-15(17)23-25-16-12-11-14(13-20(16)30-23)24-22(26)21-18(28-2)9-6-10-19(21)29-3/h4-13H,1-3H3,(H,24,26). The van der Waals surface area contributed by atoms with Crippen molar-refractivity contribution in [3.63, 3.8) is 0 Å². The average Bonchev–Trinajstić information content (AvgIpc) is 3.21. The predicted octanol–water partition coefficient (Wildman–Crippen LogP) is 4.77. The SMILES string of the molecule is COc1ccccc1-c1nc2ccc(NC(=O)c3c(OC)cccc3OC)cc2o1. The van der Waals surface area contributed by atoms with Crippen LogP contribution in [0.15, 0.2) is 65.1 Å². The van der Waals surface area contributed by atoms with E-state index in [0.29, 0.717) is 45.5 Å². The van der Waals surface area contributed by atoms with E-state index in [1.54, 1.807) is 43.5 Å². The summed E-state index contributed by atoms with van der Waals surface area (Å²) < 4.78 is 21.9. The number of hydrogen-bond acceptors (Lipinski definition) is 6. The molecule has 152 valence electrons. The highest BCUT2D eigenvalue weighted by atomic mass is 16.5. The van der Waals surface area contributed by atoms with Crippen molar-refractivity contribution in [2.45, 2.75) is 0 Å². The summed E-state index contributed by atoms with van der Waals surface area (Å²) in [4.78, 5) is 17.4. The van der Waals surface area contributed by atoms with Crippen molar-refractivity contribution in [3.05, 3.63) is 66.2 Å². The number of methoxy groups -OCH3 is 3. The summed E-state index contributed by atoms with van der Waals surface area (Å²) in [5, 5.41) is 2.86. The van der Waals surface area contributed by atoms with Gasteiger partial charge in [-0.15, -0.1) is 0 Å². The fourth-order valence-electron chi connectivity index (χ4n) is 3.21. The first-order valence-corrected chi connectivity index (χ1v) is 9.21. The number of fused-ring (bicyclic) bond motifs is 1. The zero-order valence-corrected chi connectivity index (χ0v) is 16.8. The molecule has 0 bridgehead atoms. The zero-order valence-electron chi connectivity index (χ0n) is 16.8. The molecule has 0 fully saturated rings. The lowest BCUT2D eigenvalue weighted by Gasteiger charge is -2.12. The van der Waals surface area contributed by atoms with Gasteiger partial charge in [0.15, 0.2) is 5.58 Å². The molecule has 0 unspecified atom stereocenters. The fourth-order valence-corrected chi connectivity index (χ4v) is 3.21. The summed E-state index contributed by atoms with van der Waals surface area (Å²) in [5.74, 6) is 1.60. The molecule has 1 heterocycles. The van der Waals surface area contributed by atoms with E-state index < -0.39 is 0 Å². The minimum Gasteiger partial charge on any atom is -0.496 e. The number of nitrogens with one attached hydrogen (secondary N) is 1. The van der Waals surface area contributed by atoms with Gasteiger partial charge in [-0.05, 0) is 36.4 Å². The first kappa shape index (κ1) is 19.3. The zero-order chi connectivity index (χ0) is 21.1. The number of carbonyl (C=O) groups excluding carboxylic acids is 1. The molecule has 0 aliphatic heterocycles. The van der Waals surface area contributed by atoms with Gasteiger partial charge < -0.3 is 23.9 Å². The van der Waals surface area contributed by atoms with Gasteiger partial charge in [-0.3, -0.25) is 4.79 Å². The van der Waals surface area contributed by atoms with Crippen LogP contribution >= 0.6 is 0 Å². The number of rotatable bonds is 6. The lowest BCUT2D eigenvalue weighted by Crippen LogP contribution is -2.14. The summed E-state index contributed by atoms with van der Waals surface area (Å²) in [5.41, 5.74) is 2.84. The van der Waals surface area contributed by atoms with Crippen LogP contribution in [0.3, 0.4) is 0 Å². The van der Waals surface area contributed by atoms with Crippen molar-refractivity contribution in [3.8, 4) is 28.7 Å². The van der Waals surface area contributed by atoms with Crippen molar-refractivity contribution in [2.75, 3.05) is 26.6 Å². The molecule has 0 spiro atoms. The highest BCUT2D eigenvalue weighted by Gasteiger charge is 2.19. The molecular weight excluding hydrogens is 384 g/mol. The molecule has 4 aromatic rings. The van der Waals surface area contributed by atoms with Crippen LogP contribution in [0.1, 0.15) is 10.4 Å². The van der Waals surface area contributed by atoms with E-state index in [4.69, 9.17) is 18.6 Å². The maximum atomic E-state index is 12.9. The Bertz CT molecular complexity index is 1190. The van der Waals surface area contributed by atoms with Gasteiger partial charge in [-0.2, -0.15) is 0 Å². The van der Waals surface area contributed by atoms with Gasteiger partial charge in [0, 0.05) is 11.8 Å². The molecule has 0 saturated heterocycles. The van der Waals surface area contributed by atoms with Gasteiger partial charge in [-0.25, -0.2) is 4.98 Å². The lowest BCUT2D eigenvalue weighted by atomic mass is 10.1. The third kappa shape index (κ3) is 3.53. The number of nitrogens with zero attached hydrogens (tertiary/aromatic N) is 1. The molecule has 7 nitrogen and oxygen atoms in total. The topological polar surface area (TPSA) is 82.8 Å². The Balaban J connectivity index is 1.66. The van der Waals surface area contributed by atoms with Crippen molar-refractivity contribution in [1.82, 2.24) is 4.98 Å². The van der Waals surface area contributed by atoms with Gasteiger partial charge in [0.25, 0.3) is 5.91 Å². The Hall–Kier alpha value is -4.00. The van der Waals surface area contributed by atoms with Crippen molar-refractivity contribution in [1.29, 1.82) is 0 Å². The second-order valence-electron chi connectivity index (χ2n) is 6.39. The van der Waals surface area contributed by atoms with E-state index in [0.717, 1.165) is 5.56 Å². The van der Waals surface area contributed by atoms with Crippen molar-refractivity contribution in [2.24, 2.45) is 0 Å². The minimum absolute atomic E-state index is 0.315. The first-order valence-electron chi connectivity index (χ1n) is 9.21. The van der Waals surface area contributed by atoms with E-state index in [1.165, 1.54) is 14.2 Å². The second kappa shape index (κ2) is 8.16. The van der Waals surface area contributed by atoms with Gasteiger partial charge in [0.2, 0.25) is 5.89 Å². The number of amides is 1. The molecule has 0 atom stereocenters. The molecule has 1 aromatic heterocycles. The number of carbonyl (C=O) groups is 1. The van der Waals surface area contributed by atoms with E-state index in [9.17, 15) is 4.79 Å². The van der Waals surface area contributed by atoms with Crippen LogP contribution in [0.5, 0.6) is 17.2 Å². The van der Waals surface area contributed by atoms with E-state index in [1.807, 2.05) is 24.3 Å². The summed E-state index contributed by atoms with van der Waals surface area (Å²) in [7, 11) is 4.61. The number of aromatic nitrogens is 1. The highest BCUT2D eigenvalue weighted by Crippen LogP contribution is 2.33. The van der Waals surface area contributed by atoms with Crippen LogP contribution in [0.2, 0.25) is 0 Å². The number of benzene rings is 3. The summed E-state index contributed by atoms with van der Waals surface area (Å²) in [6, 6.07) is 17.9. The number of para-hydroxylation sites is 1. The summed E-state index contributed by atoms with van der Waals surface area (Å²) in [6.45, 7) is 0. The molecule has 3 aromatic carbocycles. The van der Waals surface area contributed by atoms with Crippen LogP contribution in [0.4, 0.5) is 5.69 Å². The van der Waals surface area contributed by atoms with Crippen LogP contribution in [-0.4, -0.2) is 32.2 Å². The van der Waals surface area contributed by atoms with Gasteiger partial charge in [0.1, 0.15) is 28.3 Å². The van der Waals surface area contributed by atoms with Crippen molar-refractivity contribution < 1.29 is 23.4 Å². The van der Waals surface area contributed by atoms with Crippen LogP contribution in [0.25, 0.3) is 22.6 Å². The molecule has 0 aliphatic rings. The van der Waals surface area contributed by atoms with E-state index in [2.05, 4.69) is 10.3 Å². The molecule has 0 aliphatic carbocycles. The van der Waals surface area contributed by atoms with Gasteiger partial charge in [-0.1, -0.05) is 18.2 Å². The van der Waals surface area contributed by atoms with Gasteiger partial charge >= 0.3 is 0 Å². The minimum atomic E-state index is -0.354. The molecule has 0 radical (unpaired) electrons. The highest BCUT2D eigenvalue weighted by molar-refractivity contribution is 6.08. The Morgan fingerprint density at radius 2 is 1.53 bits per heavy atom. The average molecular weight is 404 g/mol. The van der Waals surface area contributed by atoms with Crippen LogP contribution in [-0.2, 0) is 0 Å². The Morgan fingerprint density at radius 3 is 2.23 bits per heavy atom. The lowest BCUT2D eigenvalue weighted by molar-refractivity contribution is 0.102. The molecule has 4 rings (SSSR count). The summed E-state index contributed by atoms with van der Waals surface area (Å²) >= 11 is 0. The normalized spacial score (nSPS) is 10.6. The predicted molar refractivity (Wildman–Crippen MR) is 113 cm³/mol. The second-order valence-corrected chi connectivity index (χ2v) is 6.39. The quantitative estimate of drug-likeness (QED) is 0.498. The smallest absolute Gasteiger partial charge is 0.263 e. The number of hydrogen-bond donors (Lipinski definition) is 1. The Morgan fingerprint density at radius 1 is 0.867 bits per heavy atom. The Kier molecular flexibility index (Phi) is 5.26. The maximum Gasteiger partial charge on any atom is 0.263 e. The molecule has 30 heavy (non-hydrogen) atoms. The third-order valence-electron chi connectivity index (χ3n) is 4.64. The third-order valence-corrected chi connectivity index (χ3v) is 4.64. The number of anilines is 1. The number of ether oxygens (including phenoxy) is 3. The van der Waals surface area contributed by atoms with E-state index >= 15 is 0 Å². The molecule has 7 heteroatoms. The molecule has 0 saturated carbocycles. The maximum absolute atomic E-state index is 12.9. The monoisotopic (exact) mass is 404 g/mol. The van der Waals surface area contributed by atoms with Crippen molar-refractivity contribution >= 4 is 22.7 Å². The van der Waals surface area contributed by atoms with Gasteiger partial charge in [0.05, 0.1) is 26.9 Å². The molecular formula is C23H20N2O5. The van der Waals surface area contributed by atoms with Crippen LogP contribution < -0.4 is 19.5 Å². The largest absolute Gasteiger partial charge is 0.496 e.